The maximum absolute atomic E-state index is 14.6. The van der Waals surface area contributed by atoms with E-state index in [9.17, 15) is 28.8 Å². The number of carbonyl (C=O) groups is 6. The Morgan fingerprint density at radius 3 is 2.27 bits per heavy atom. The number of carbonyl (C=O) groups excluding carboxylic acids is 6. The van der Waals surface area contributed by atoms with Crippen LogP contribution in [-0.4, -0.2) is 86.9 Å². The molecule has 6 atom stereocenters. The van der Waals surface area contributed by atoms with E-state index < -0.39 is 59.0 Å². The Hall–Kier alpha value is -3.90. The average molecular weight is 680 g/mol. The highest BCUT2D eigenvalue weighted by Gasteiger charge is 2.52. The van der Waals surface area contributed by atoms with Gasteiger partial charge in [0.1, 0.15) is 23.8 Å². The third kappa shape index (κ3) is 8.83. The van der Waals surface area contributed by atoms with E-state index in [4.69, 9.17) is 0 Å². The monoisotopic (exact) mass is 679 g/mol. The van der Waals surface area contributed by atoms with Crippen LogP contribution in [-0.2, 0) is 24.0 Å². The molecule has 4 N–H and O–H groups in total. The first-order chi connectivity index (χ1) is 23.4. The second-order valence-electron chi connectivity index (χ2n) is 15.5. The molecule has 4 fully saturated rings. The molecule has 5 rings (SSSR count). The summed E-state index contributed by atoms with van der Waals surface area (Å²) in [4.78, 5) is 91.4. The minimum Gasteiger partial charge on any atom is -0.347 e. The van der Waals surface area contributed by atoms with Crippen LogP contribution in [0.3, 0.4) is 0 Å². The molecule has 2 heterocycles. The standard InChI is InChI=1S/C36H53N7O6/c1-5-10-25(29(44)34(48)39-23-15-16-23)40-33(47)28-24-14-9-13-22(24)20-43(28)35(49)30(36(2,3)4)42-32(46)27(21-11-7-6-8-12-21)41-31(45)26-19-37-17-18-38-26/h17-19,21-25,27-28,30H,5-16,20H2,1-4H3,(H,39,48)(H,40,47)(H,41,45)(H,42,46)/t22-,24-,25?,27+,28-,30+/m0/s1. The van der Waals surface area contributed by atoms with Crippen LogP contribution in [0.25, 0.3) is 0 Å². The van der Waals surface area contributed by atoms with Gasteiger partial charge in [0.2, 0.25) is 23.5 Å². The molecular formula is C36H53N7O6. The van der Waals surface area contributed by atoms with Crippen LogP contribution in [0.5, 0.6) is 0 Å². The number of rotatable bonds is 13. The maximum atomic E-state index is 14.6. The van der Waals surface area contributed by atoms with Crippen molar-refractivity contribution in [1.29, 1.82) is 0 Å². The number of likely N-dealkylation sites (tertiary alicyclic amines) is 1. The van der Waals surface area contributed by atoms with Crippen LogP contribution in [0, 0.1) is 23.2 Å². The van der Waals surface area contributed by atoms with Gasteiger partial charge < -0.3 is 26.2 Å². The van der Waals surface area contributed by atoms with Gasteiger partial charge in [0.15, 0.2) is 0 Å². The third-order valence-electron chi connectivity index (χ3n) is 10.7. The zero-order valence-electron chi connectivity index (χ0n) is 29.3. The SMILES string of the molecule is CCCC(NC(=O)[C@@H]1[C@H]2CCC[C@H]2CN1C(=O)[C@@H](NC(=O)[C@H](NC(=O)c1cnccn1)C1CCCCC1)C(C)(C)C)C(=O)C(=O)NC1CC1. The molecule has 1 aromatic rings. The van der Waals surface area contributed by atoms with E-state index in [0.717, 1.165) is 64.2 Å². The van der Waals surface area contributed by atoms with Crippen LogP contribution in [0.4, 0.5) is 0 Å². The second kappa shape index (κ2) is 15.8. The van der Waals surface area contributed by atoms with Gasteiger partial charge in [0.05, 0.1) is 12.2 Å². The number of hydrogen-bond donors (Lipinski definition) is 4. The molecular weight excluding hydrogens is 626 g/mol. The summed E-state index contributed by atoms with van der Waals surface area (Å²) in [7, 11) is 0. The second-order valence-corrected chi connectivity index (χ2v) is 15.5. The van der Waals surface area contributed by atoms with E-state index in [0.29, 0.717) is 19.4 Å². The normalized spacial score (nSPS) is 24.2. The lowest BCUT2D eigenvalue weighted by molar-refractivity contribution is -0.146. The maximum Gasteiger partial charge on any atom is 0.289 e. The van der Waals surface area contributed by atoms with Gasteiger partial charge in [-0.1, -0.05) is 59.8 Å². The fraction of sp³-hybridized carbons (Fsp3) is 0.722. The first kappa shape index (κ1) is 36.4. The van der Waals surface area contributed by atoms with Gasteiger partial charge in [0, 0.05) is 25.0 Å². The van der Waals surface area contributed by atoms with Gasteiger partial charge in [0.25, 0.3) is 11.8 Å². The van der Waals surface area contributed by atoms with Gasteiger partial charge in [-0.15, -0.1) is 0 Å². The molecule has 1 saturated heterocycles. The molecule has 0 aromatic carbocycles. The summed E-state index contributed by atoms with van der Waals surface area (Å²) >= 11 is 0. The molecule has 3 saturated carbocycles. The first-order valence-electron chi connectivity index (χ1n) is 18.2. The molecule has 13 heteroatoms. The Balaban J connectivity index is 1.36. The molecule has 1 aliphatic heterocycles. The first-order valence-corrected chi connectivity index (χ1v) is 18.2. The van der Waals surface area contributed by atoms with E-state index in [1.54, 1.807) is 4.90 Å². The van der Waals surface area contributed by atoms with Gasteiger partial charge in [-0.25, -0.2) is 4.98 Å². The molecule has 49 heavy (non-hydrogen) atoms. The number of nitrogens with zero attached hydrogens (tertiary/aromatic N) is 3. The fourth-order valence-corrected chi connectivity index (χ4v) is 7.87. The van der Waals surface area contributed by atoms with Gasteiger partial charge >= 0.3 is 0 Å². The lowest BCUT2D eigenvalue weighted by Crippen LogP contribution is -2.62. The van der Waals surface area contributed by atoms with Crippen molar-refractivity contribution in [3.05, 3.63) is 24.3 Å². The number of hydrogen-bond acceptors (Lipinski definition) is 8. The van der Waals surface area contributed by atoms with Crippen molar-refractivity contribution in [1.82, 2.24) is 36.1 Å². The fourth-order valence-electron chi connectivity index (χ4n) is 7.87. The van der Waals surface area contributed by atoms with Gasteiger partial charge in [-0.3, -0.25) is 33.8 Å². The predicted octanol–water partition coefficient (Wildman–Crippen LogP) is 2.45. The quantitative estimate of drug-likeness (QED) is 0.230. The molecule has 13 nitrogen and oxygen atoms in total. The van der Waals surface area contributed by atoms with Crippen LogP contribution in [0.1, 0.15) is 115 Å². The summed E-state index contributed by atoms with van der Waals surface area (Å²) < 4.78 is 0. The predicted molar refractivity (Wildman–Crippen MR) is 181 cm³/mol. The molecule has 0 radical (unpaired) electrons. The zero-order chi connectivity index (χ0) is 35.3. The molecule has 5 amide bonds. The smallest absolute Gasteiger partial charge is 0.289 e. The Kier molecular flexibility index (Phi) is 11.7. The van der Waals surface area contributed by atoms with Crippen LogP contribution in [0.2, 0.25) is 0 Å². The Morgan fingerprint density at radius 1 is 0.898 bits per heavy atom. The zero-order valence-corrected chi connectivity index (χ0v) is 29.3. The van der Waals surface area contributed by atoms with Crippen molar-refractivity contribution < 1.29 is 28.8 Å². The number of fused-ring (bicyclic) bond motifs is 1. The molecule has 1 aromatic heterocycles. The van der Waals surface area contributed by atoms with Crippen molar-refractivity contribution in [2.45, 2.75) is 135 Å². The number of Topliss-reactive ketones (excluding diaryl/α,β-unsaturated/α-hetero) is 1. The summed E-state index contributed by atoms with van der Waals surface area (Å²) in [5, 5.41) is 11.5. The van der Waals surface area contributed by atoms with E-state index in [1.807, 2.05) is 27.7 Å². The van der Waals surface area contributed by atoms with Crippen molar-refractivity contribution in [2.75, 3.05) is 6.54 Å². The lowest BCUT2D eigenvalue weighted by atomic mass is 9.82. The van der Waals surface area contributed by atoms with E-state index in [2.05, 4.69) is 31.2 Å². The molecule has 268 valence electrons. The third-order valence-corrected chi connectivity index (χ3v) is 10.7. The Bertz CT molecular complexity index is 1390. The van der Waals surface area contributed by atoms with Gasteiger partial charge in [-0.2, -0.15) is 0 Å². The number of amides is 5. The average Bonchev–Trinajstić information content (AvgIpc) is 3.65. The Labute approximate surface area is 288 Å². The van der Waals surface area contributed by atoms with Crippen molar-refractivity contribution >= 4 is 35.3 Å². The number of ketones is 1. The number of nitrogens with one attached hydrogen (secondary N) is 4. The summed E-state index contributed by atoms with van der Waals surface area (Å²) in [6.45, 7) is 7.85. The molecule has 4 aliphatic rings. The van der Waals surface area contributed by atoms with Crippen LogP contribution >= 0.6 is 0 Å². The largest absolute Gasteiger partial charge is 0.347 e. The molecule has 3 aliphatic carbocycles. The highest BCUT2D eigenvalue weighted by molar-refractivity contribution is 6.38. The highest BCUT2D eigenvalue weighted by atomic mass is 16.2. The Morgan fingerprint density at radius 2 is 1.63 bits per heavy atom. The molecule has 1 unspecified atom stereocenters. The highest BCUT2D eigenvalue weighted by Crippen LogP contribution is 2.43. The topological polar surface area (TPSA) is 180 Å². The van der Waals surface area contributed by atoms with Gasteiger partial charge in [-0.05, 0) is 68.1 Å². The van der Waals surface area contributed by atoms with Crippen molar-refractivity contribution in [2.24, 2.45) is 23.2 Å². The number of aromatic nitrogens is 2. The van der Waals surface area contributed by atoms with Crippen molar-refractivity contribution in [3.8, 4) is 0 Å². The minimum absolute atomic E-state index is 0.0132. The molecule has 0 spiro atoms. The summed E-state index contributed by atoms with van der Waals surface area (Å²) in [5.41, 5.74) is -0.638. The molecule has 0 bridgehead atoms. The van der Waals surface area contributed by atoms with E-state index in [-0.39, 0.29) is 35.4 Å². The van der Waals surface area contributed by atoms with Crippen LogP contribution in [0.15, 0.2) is 18.6 Å². The lowest BCUT2D eigenvalue weighted by Gasteiger charge is -2.38. The summed E-state index contributed by atoms with van der Waals surface area (Å²) in [6.07, 6.45) is 13.9. The summed E-state index contributed by atoms with van der Waals surface area (Å²) in [5.74, 6) is -3.20. The van der Waals surface area contributed by atoms with Crippen LogP contribution < -0.4 is 21.3 Å². The summed E-state index contributed by atoms with van der Waals surface area (Å²) in [6, 6.07) is -3.68. The minimum atomic E-state index is -0.994. The van der Waals surface area contributed by atoms with E-state index >= 15 is 0 Å². The van der Waals surface area contributed by atoms with Crippen molar-refractivity contribution in [3.63, 3.8) is 0 Å². The van der Waals surface area contributed by atoms with E-state index in [1.165, 1.54) is 18.6 Å².